The first kappa shape index (κ1) is 19.7. The van der Waals surface area contributed by atoms with E-state index in [2.05, 4.69) is 15.5 Å². The first-order chi connectivity index (χ1) is 13.5. The van der Waals surface area contributed by atoms with Crippen LogP contribution in [-0.4, -0.2) is 36.3 Å². The summed E-state index contributed by atoms with van der Waals surface area (Å²) in [6, 6.07) is 12.6. The number of halogens is 1. The maximum absolute atomic E-state index is 11.9. The molecule has 3 aromatic rings. The van der Waals surface area contributed by atoms with Crippen LogP contribution in [0.2, 0.25) is 5.02 Å². The van der Waals surface area contributed by atoms with Crippen molar-refractivity contribution in [2.75, 3.05) is 20.3 Å². The fourth-order valence-corrected chi connectivity index (χ4v) is 2.55. The molecule has 1 aromatic heterocycles. The number of rotatable bonds is 8. The highest BCUT2D eigenvalue weighted by atomic mass is 35.5. The highest BCUT2D eigenvalue weighted by molar-refractivity contribution is 6.31. The number of benzene rings is 2. The summed E-state index contributed by atoms with van der Waals surface area (Å²) in [5.41, 5.74) is 1.72. The molecule has 0 radical (unpaired) electrons. The van der Waals surface area contributed by atoms with Gasteiger partial charge in [0.1, 0.15) is 11.5 Å². The van der Waals surface area contributed by atoms with Crippen molar-refractivity contribution >= 4 is 17.5 Å². The molecular formula is C20H20ClN3O4. The second-order valence-corrected chi connectivity index (χ2v) is 6.45. The van der Waals surface area contributed by atoms with E-state index in [1.165, 1.54) is 0 Å². The first-order valence-electron chi connectivity index (χ1n) is 8.68. The van der Waals surface area contributed by atoms with Gasteiger partial charge in [0.25, 0.3) is 5.91 Å². The molecule has 0 aliphatic rings. The Balaban J connectivity index is 1.43. The van der Waals surface area contributed by atoms with Crippen molar-refractivity contribution in [3.8, 4) is 22.9 Å². The van der Waals surface area contributed by atoms with Gasteiger partial charge in [0, 0.05) is 23.6 Å². The Kier molecular flexibility index (Phi) is 6.49. The number of hydrogen-bond acceptors (Lipinski definition) is 6. The molecule has 28 heavy (non-hydrogen) atoms. The molecule has 1 amide bonds. The first-order valence-corrected chi connectivity index (χ1v) is 9.05. The number of amides is 1. The topological polar surface area (TPSA) is 86.5 Å². The molecule has 0 fully saturated rings. The molecule has 0 spiro atoms. The third kappa shape index (κ3) is 5.23. The van der Waals surface area contributed by atoms with E-state index in [4.69, 9.17) is 25.6 Å². The molecule has 7 nitrogen and oxygen atoms in total. The maximum atomic E-state index is 11.9. The Morgan fingerprint density at radius 1 is 1.18 bits per heavy atom. The fourth-order valence-electron chi connectivity index (χ4n) is 2.43. The molecule has 1 N–H and O–H groups in total. The number of ether oxygens (including phenoxy) is 2. The van der Waals surface area contributed by atoms with Crippen LogP contribution in [-0.2, 0) is 11.2 Å². The summed E-state index contributed by atoms with van der Waals surface area (Å²) >= 11 is 5.96. The number of carbonyl (C=O) groups excluding carboxylic acids is 1. The average molecular weight is 402 g/mol. The predicted molar refractivity (Wildman–Crippen MR) is 105 cm³/mol. The summed E-state index contributed by atoms with van der Waals surface area (Å²) in [6.07, 6.45) is 0.426. The lowest BCUT2D eigenvalue weighted by Crippen LogP contribution is -2.30. The van der Waals surface area contributed by atoms with Gasteiger partial charge in [0.05, 0.1) is 7.11 Å². The minimum Gasteiger partial charge on any atom is -0.497 e. The minimum absolute atomic E-state index is 0.0813. The summed E-state index contributed by atoms with van der Waals surface area (Å²) < 4.78 is 15.8. The molecule has 0 saturated heterocycles. The Bertz CT molecular complexity index is 941. The Morgan fingerprint density at radius 3 is 2.64 bits per heavy atom. The van der Waals surface area contributed by atoms with Crippen molar-refractivity contribution in [3.05, 3.63) is 58.9 Å². The van der Waals surface area contributed by atoms with Crippen LogP contribution in [0.1, 0.15) is 11.5 Å². The van der Waals surface area contributed by atoms with Crippen molar-refractivity contribution < 1.29 is 18.8 Å². The second-order valence-electron chi connectivity index (χ2n) is 6.04. The Hall–Kier alpha value is -3.06. The van der Waals surface area contributed by atoms with Gasteiger partial charge in [-0.2, -0.15) is 4.98 Å². The van der Waals surface area contributed by atoms with E-state index in [0.717, 1.165) is 16.9 Å². The number of aryl methyl sites for hydroxylation is 1. The van der Waals surface area contributed by atoms with Gasteiger partial charge in [-0.25, -0.2) is 0 Å². The van der Waals surface area contributed by atoms with Crippen molar-refractivity contribution in [3.63, 3.8) is 0 Å². The molecule has 3 rings (SSSR count). The largest absolute Gasteiger partial charge is 0.497 e. The van der Waals surface area contributed by atoms with E-state index < -0.39 is 0 Å². The van der Waals surface area contributed by atoms with E-state index in [9.17, 15) is 4.79 Å². The summed E-state index contributed by atoms with van der Waals surface area (Å²) in [6.45, 7) is 2.16. The van der Waals surface area contributed by atoms with Crippen LogP contribution in [0, 0.1) is 6.92 Å². The number of nitrogens with zero attached hydrogens (tertiary/aromatic N) is 2. The van der Waals surface area contributed by atoms with Crippen molar-refractivity contribution in [1.29, 1.82) is 0 Å². The molecule has 0 unspecified atom stereocenters. The van der Waals surface area contributed by atoms with E-state index in [1.54, 1.807) is 25.3 Å². The number of hydrogen-bond donors (Lipinski definition) is 1. The van der Waals surface area contributed by atoms with Crippen LogP contribution in [0.5, 0.6) is 11.5 Å². The molecule has 0 atom stereocenters. The van der Waals surface area contributed by atoms with Crippen molar-refractivity contribution in [2.24, 2.45) is 0 Å². The lowest BCUT2D eigenvalue weighted by Gasteiger charge is -2.08. The smallest absolute Gasteiger partial charge is 0.257 e. The summed E-state index contributed by atoms with van der Waals surface area (Å²) in [4.78, 5) is 16.2. The molecule has 0 bridgehead atoms. The van der Waals surface area contributed by atoms with Crippen molar-refractivity contribution in [2.45, 2.75) is 13.3 Å². The maximum Gasteiger partial charge on any atom is 0.257 e. The number of nitrogens with one attached hydrogen (secondary N) is 1. The lowest BCUT2D eigenvalue weighted by atomic mass is 10.2. The summed E-state index contributed by atoms with van der Waals surface area (Å²) in [5.74, 6) is 2.05. The monoisotopic (exact) mass is 401 g/mol. The number of aromatic nitrogens is 2. The van der Waals surface area contributed by atoms with E-state index in [1.807, 2.05) is 31.2 Å². The van der Waals surface area contributed by atoms with Gasteiger partial charge in [-0.1, -0.05) is 16.8 Å². The van der Waals surface area contributed by atoms with Crippen LogP contribution >= 0.6 is 11.6 Å². The standard InChI is InChI=1S/C20H20ClN3O4/c1-13-11-16(7-8-17(13)21)27-12-18(25)22-10-9-19-23-20(24-28-19)14-3-5-15(26-2)6-4-14/h3-8,11H,9-10,12H2,1-2H3,(H,22,25). The van der Waals surface area contributed by atoms with Gasteiger partial charge >= 0.3 is 0 Å². The molecule has 0 aliphatic carbocycles. The van der Waals surface area contributed by atoms with Crippen LogP contribution in [0.25, 0.3) is 11.4 Å². The van der Waals surface area contributed by atoms with Crippen LogP contribution in [0.3, 0.4) is 0 Å². The predicted octanol–water partition coefficient (Wildman–Crippen LogP) is 3.44. The number of carbonyl (C=O) groups is 1. The SMILES string of the molecule is COc1ccc(-c2noc(CCNC(=O)COc3ccc(Cl)c(C)c3)n2)cc1. The average Bonchev–Trinajstić information content (AvgIpc) is 3.18. The van der Waals surface area contributed by atoms with Crippen LogP contribution in [0.15, 0.2) is 47.0 Å². The Morgan fingerprint density at radius 2 is 1.93 bits per heavy atom. The summed E-state index contributed by atoms with van der Waals surface area (Å²) in [5, 5.41) is 7.37. The third-order valence-corrected chi connectivity index (χ3v) is 4.40. The lowest BCUT2D eigenvalue weighted by molar-refractivity contribution is -0.123. The molecular weight excluding hydrogens is 382 g/mol. The quantitative estimate of drug-likeness (QED) is 0.622. The highest BCUT2D eigenvalue weighted by Gasteiger charge is 2.10. The molecule has 1 heterocycles. The van der Waals surface area contributed by atoms with Gasteiger partial charge in [-0.05, 0) is 55.0 Å². The second kappa shape index (κ2) is 9.23. The van der Waals surface area contributed by atoms with Gasteiger partial charge in [0.2, 0.25) is 11.7 Å². The van der Waals surface area contributed by atoms with Gasteiger partial charge < -0.3 is 19.3 Å². The number of methoxy groups -OCH3 is 1. The van der Waals surface area contributed by atoms with Crippen LogP contribution in [0.4, 0.5) is 0 Å². The summed E-state index contributed by atoms with van der Waals surface area (Å²) in [7, 11) is 1.61. The van der Waals surface area contributed by atoms with E-state index in [-0.39, 0.29) is 12.5 Å². The fraction of sp³-hybridized carbons (Fsp3) is 0.250. The highest BCUT2D eigenvalue weighted by Crippen LogP contribution is 2.21. The molecule has 2 aromatic carbocycles. The van der Waals surface area contributed by atoms with Crippen molar-refractivity contribution in [1.82, 2.24) is 15.5 Å². The molecule has 146 valence electrons. The zero-order valence-corrected chi connectivity index (χ0v) is 16.3. The van der Waals surface area contributed by atoms with Crippen LogP contribution < -0.4 is 14.8 Å². The van der Waals surface area contributed by atoms with Gasteiger partial charge in [0.15, 0.2) is 6.61 Å². The third-order valence-electron chi connectivity index (χ3n) is 3.98. The molecule has 0 aliphatic heterocycles. The van der Waals surface area contributed by atoms with Gasteiger partial charge in [-0.15, -0.1) is 0 Å². The van der Waals surface area contributed by atoms with E-state index in [0.29, 0.717) is 35.5 Å². The Labute approximate surface area is 167 Å². The normalized spacial score (nSPS) is 10.5. The zero-order chi connectivity index (χ0) is 19.9. The zero-order valence-electron chi connectivity index (χ0n) is 15.6. The molecule has 0 saturated carbocycles. The minimum atomic E-state index is -0.234. The van der Waals surface area contributed by atoms with Gasteiger partial charge in [-0.3, -0.25) is 4.79 Å². The molecule has 8 heteroatoms. The van der Waals surface area contributed by atoms with E-state index >= 15 is 0 Å².